The summed E-state index contributed by atoms with van der Waals surface area (Å²) in [6, 6.07) is 14.4. The fourth-order valence-electron chi connectivity index (χ4n) is 6.60. The first-order chi connectivity index (χ1) is 15.3. The van der Waals surface area contributed by atoms with Crippen LogP contribution >= 0.6 is 0 Å². The molecule has 0 N–H and O–H groups in total. The van der Waals surface area contributed by atoms with E-state index in [1.807, 2.05) is 27.2 Å². The smallest absolute Gasteiger partial charge is 0.423 e. The minimum absolute atomic E-state index is 0.736. The Morgan fingerprint density at radius 2 is 1.56 bits per heavy atom. The van der Waals surface area contributed by atoms with E-state index in [1.54, 1.807) is 0 Å². The van der Waals surface area contributed by atoms with Crippen LogP contribution in [0.5, 0.6) is 0 Å². The lowest BCUT2D eigenvalue weighted by Crippen LogP contribution is -2.63. The standard InChI is InChI=1S/C28H32BFN2/c1-8-25-17(3)27-19(5)28-18(4)26(9-2)21(7)32(28)29(30,31(27)20(25)6)24-15-14-22-12-10-11-13-23(22)16-24/h10-16H,8-9H2,1-7H3. The third-order valence-corrected chi connectivity index (χ3v) is 7.99. The Bertz CT molecular complexity index is 1400. The third kappa shape index (κ3) is 2.44. The number of halogens is 1. The van der Waals surface area contributed by atoms with Crippen LogP contribution in [0.4, 0.5) is 4.32 Å². The molecule has 2 nitrogen and oxygen atoms in total. The second kappa shape index (κ2) is 7.06. The molecule has 3 aromatic rings. The molecular weight excluding hydrogens is 394 g/mol. The van der Waals surface area contributed by atoms with E-state index in [0.717, 1.165) is 51.9 Å². The monoisotopic (exact) mass is 426 g/mol. The highest BCUT2D eigenvalue weighted by Gasteiger charge is 2.55. The summed E-state index contributed by atoms with van der Waals surface area (Å²) in [5.41, 5.74) is 11.1. The molecule has 4 heteroatoms. The van der Waals surface area contributed by atoms with Crippen LogP contribution in [-0.4, -0.2) is 21.4 Å². The molecule has 164 valence electrons. The van der Waals surface area contributed by atoms with Gasteiger partial charge < -0.3 is 13.3 Å². The van der Waals surface area contributed by atoms with Gasteiger partial charge in [0, 0.05) is 29.3 Å². The molecule has 1 atom stereocenters. The molecule has 2 aliphatic rings. The molecule has 5 rings (SSSR count). The van der Waals surface area contributed by atoms with Crippen molar-refractivity contribution < 1.29 is 8.80 Å². The molecule has 0 bridgehead atoms. The van der Waals surface area contributed by atoms with Gasteiger partial charge in [0.2, 0.25) is 0 Å². The second-order valence-corrected chi connectivity index (χ2v) is 9.43. The van der Waals surface area contributed by atoms with E-state index in [2.05, 4.69) is 72.7 Å². The quantitative estimate of drug-likeness (QED) is 0.426. The normalized spacial score (nSPS) is 20.5. The van der Waals surface area contributed by atoms with Crippen molar-refractivity contribution in [2.45, 2.75) is 61.3 Å². The van der Waals surface area contributed by atoms with Gasteiger partial charge in [-0.25, -0.2) is 0 Å². The fraction of sp³-hybridized carbons (Fsp3) is 0.321. The van der Waals surface area contributed by atoms with E-state index >= 15 is 4.32 Å². The first-order valence-electron chi connectivity index (χ1n) is 11.9. The predicted octanol–water partition coefficient (Wildman–Crippen LogP) is 6.44. The minimum Gasteiger partial charge on any atom is -0.423 e. The summed E-state index contributed by atoms with van der Waals surface area (Å²) in [6.45, 7) is 12.3. The number of nitrogens with zero attached hydrogens (tertiary/aromatic N) is 2. The number of allylic oxidation sites excluding steroid dienone is 3. The molecule has 2 aromatic carbocycles. The van der Waals surface area contributed by atoms with Gasteiger partial charge in [0.05, 0.1) is 0 Å². The van der Waals surface area contributed by atoms with Gasteiger partial charge in [-0.05, 0) is 68.1 Å². The van der Waals surface area contributed by atoms with E-state index in [9.17, 15) is 0 Å². The number of benzene rings is 2. The molecule has 0 fully saturated rings. The second-order valence-electron chi connectivity index (χ2n) is 9.43. The lowest BCUT2D eigenvalue weighted by molar-refractivity contribution is -0.346. The molecule has 2 aliphatic heterocycles. The number of fused-ring (bicyclic) bond motifs is 3. The number of hydrogen-bond acceptors (Lipinski definition) is 0. The van der Waals surface area contributed by atoms with Gasteiger partial charge in [-0.15, -0.1) is 0 Å². The molecule has 0 amide bonds. The number of aromatic nitrogens is 1. The fourth-order valence-corrected chi connectivity index (χ4v) is 6.60. The van der Waals surface area contributed by atoms with E-state index in [0.29, 0.717) is 0 Å². The van der Waals surface area contributed by atoms with E-state index in [-0.39, 0.29) is 0 Å². The van der Waals surface area contributed by atoms with Crippen molar-refractivity contribution in [3.05, 3.63) is 81.8 Å². The first-order valence-corrected chi connectivity index (χ1v) is 11.9. The molecular formula is C28H32BFN2. The topological polar surface area (TPSA) is 7.94 Å². The van der Waals surface area contributed by atoms with Crippen molar-refractivity contribution in [3.8, 4) is 0 Å². The molecule has 32 heavy (non-hydrogen) atoms. The van der Waals surface area contributed by atoms with Crippen LogP contribution in [0.3, 0.4) is 0 Å². The lowest BCUT2D eigenvalue weighted by atomic mass is 9.57. The number of rotatable bonds is 3. The summed E-state index contributed by atoms with van der Waals surface area (Å²) in [7, 11) is 0. The summed E-state index contributed by atoms with van der Waals surface area (Å²) < 4.78 is 22.2. The van der Waals surface area contributed by atoms with Gasteiger partial charge in [0.25, 0.3) is 0 Å². The van der Waals surface area contributed by atoms with E-state index < -0.39 is 6.69 Å². The maximum atomic E-state index is 18.1. The minimum atomic E-state index is -2.73. The average molecular weight is 426 g/mol. The van der Waals surface area contributed by atoms with Gasteiger partial charge in [-0.2, -0.15) is 0 Å². The SMILES string of the molecule is CCC1=C(C)C2=C(C)c3c(C)c(CC)c(C)n3[B-](F)(c3ccc4ccccc4c3)[N+]2=C1C. The van der Waals surface area contributed by atoms with Crippen molar-refractivity contribution in [1.82, 2.24) is 4.48 Å². The van der Waals surface area contributed by atoms with Crippen molar-refractivity contribution in [2.75, 3.05) is 0 Å². The van der Waals surface area contributed by atoms with Crippen molar-refractivity contribution in [3.63, 3.8) is 0 Å². The van der Waals surface area contributed by atoms with Gasteiger partial charge in [-0.1, -0.05) is 61.8 Å². The Balaban J connectivity index is 1.95. The summed E-state index contributed by atoms with van der Waals surface area (Å²) in [6.07, 6.45) is 1.81. The summed E-state index contributed by atoms with van der Waals surface area (Å²) in [5.74, 6) is 0. The van der Waals surface area contributed by atoms with Crippen molar-refractivity contribution in [1.29, 1.82) is 0 Å². The Kier molecular flexibility index (Phi) is 4.63. The zero-order chi connectivity index (χ0) is 22.9. The van der Waals surface area contributed by atoms with Crippen LogP contribution in [0, 0.1) is 13.8 Å². The van der Waals surface area contributed by atoms with Crippen LogP contribution < -0.4 is 5.46 Å². The Morgan fingerprint density at radius 1 is 0.875 bits per heavy atom. The van der Waals surface area contributed by atoms with Crippen LogP contribution in [0.2, 0.25) is 0 Å². The molecule has 1 aromatic heterocycles. The van der Waals surface area contributed by atoms with Crippen LogP contribution in [0.15, 0.2) is 59.3 Å². The number of hydrogen-bond donors (Lipinski definition) is 0. The average Bonchev–Trinajstić information content (AvgIpc) is 3.21. The maximum absolute atomic E-state index is 18.1. The zero-order valence-electron chi connectivity index (χ0n) is 20.3. The van der Waals surface area contributed by atoms with Gasteiger partial charge in [0.1, 0.15) is 5.71 Å². The molecule has 1 unspecified atom stereocenters. The molecule has 0 aliphatic carbocycles. The zero-order valence-corrected chi connectivity index (χ0v) is 20.3. The summed E-state index contributed by atoms with van der Waals surface area (Å²) in [4.78, 5) is 0. The molecule has 0 radical (unpaired) electrons. The van der Waals surface area contributed by atoms with E-state index in [1.165, 1.54) is 27.8 Å². The van der Waals surface area contributed by atoms with E-state index in [4.69, 9.17) is 0 Å². The van der Waals surface area contributed by atoms with Crippen LogP contribution in [0.1, 0.15) is 63.6 Å². The predicted molar refractivity (Wildman–Crippen MR) is 136 cm³/mol. The Labute approximate surface area is 190 Å². The van der Waals surface area contributed by atoms with Gasteiger partial charge >= 0.3 is 6.69 Å². The van der Waals surface area contributed by atoms with Crippen LogP contribution in [-0.2, 0) is 6.42 Å². The largest absolute Gasteiger partial charge is 0.578 e. The summed E-state index contributed by atoms with van der Waals surface area (Å²) in [5, 5.41) is 2.21. The van der Waals surface area contributed by atoms with Gasteiger partial charge in [0.15, 0.2) is 5.70 Å². The first kappa shape index (κ1) is 21.0. The highest BCUT2D eigenvalue weighted by molar-refractivity contribution is 6.79. The maximum Gasteiger partial charge on any atom is 0.578 e. The summed E-state index contributed by atoms with van der Waals surface area (Å²) >= 11 is 0. The molecule has 0 spiro atoms. The van der Waals surface area contributed by atoms with Gasteiger partial charge in [-0.3, -0.25) is 0 Å². The Morgan fingerprint density at radius 3 is 2.22 bits per heavy atom. The Hall–Kier alpha value is -2.88. The highest BCUT2D eigenvalue weighted by atomic mass is 19.1. The highest BCUT2D eigenvalue weighted by Crippen LogP contribution is 2.44. The molecule has 0 saturated heterocycles. The molecule has 3 heterocycles. The van der Waals surface area contributed by atoms with Crippen LogP contribution in [0.25, 0.3) is 16.3 Å². The van der Waals surface area contributed by atoms with Crippen molar-refractivity contribution >= 4 is 34.2 Å². The molecule has 0 saturated carbocycles. The third-order valence-electron chi connectivity index (χ3n) is 7.99. The lowest BCUT2D eigenvalue weighted by Gasteiger charge is -2.39. The van der Waals surface area contributed by atoms with Crippen molar-refractivity contribution in [2.24, 2.45) is 0 Å².